The lowest BCUT2D eigenvalue weighted by molar-refractivity contribution is -0.136. The van der Waals surface area contributed by atoms with Crippen LogP contribution in [0.3, 0.4) is 0 Å². The van der Waals surface area contributed by atoms with Crippen LogP contribution in [0.5, 0.6) is 11.5 Å². The molecule has 0 aliphatic heterocycles. The average molecular weight is 459 g/mol. The number of hydrogen-bond donors (Lipinski definition) is 0. The van der Waals surface area contributed by atoms with Crippen molar-refractivity contribution in [3.63, 3.8) is 0 Å². The smallest absolute Gasteiger partial charge is 0.331 e. The number of aromatic nitrogens is 2. The standard InChI is InChI=1S/C23H23ClN2O6/c1-13-8-17(15(3)26(13)21-9-14(2)32-25-21)19(27)12-31-22(28)7-6-16-10-18(24)23(30-5)20(11-16)29-4/h6-11H,12H2,1-5H3/b7-6+. The lowest BCUT2D eigenvalue weighted by Gasteiger charge is -2.10. The Morgan fingerprint density at radius 2 is 1.88 bits per heavy atom. The number of methoxy groups -OCH3 is 2. The van der Waals surface area contributed by atoms with Gasteiger partial charge in [0.15, 0.2) is 23.9 Å². The van der Waals surface area contributed by atoms with Crippen LogP contribution in [0.15, 0.2) is 34.9 Å². The molecule has 168 valence electrons. The summed E-state index contributed by atoms with van der Waals surface area (Å²) in [6.45, 7) is 5.06. The molecule has 8 nitrogen and oxygen atoms in total. The lowest BCUT2D eigenvalue weighted by atomic mass is 10.1. The Balaban J connectivity index is 1.67. The van der Waals surface area contributed by atoms with Gasteiger partial charge in [0.25, 0.3) is 0 Å². The van der Waals surface area contributed by atoms with Gasteiger partial charge in [0.2, 0.25) is 5.78 Å². The number of esters is 1. The largest absolute Gasteiger partial charge is 0.493 e. The van der Waals surface area contributed by atoms with Gasteiger partial charge in [-0.1, -0.05) is 16.8 Å². The zero-order valence-electron chi connectivity index (χ0n) is 18.4. The summed E-state index contributed by atoms with van der Waals surface area (Å²) in [6.07, 6.45) is 2.73. The van der Waals surface area contributed by atoms with Crippen molar-refractivity contribution >= 4 is 29.4 Å². The summed E-state index contributed by atoms with van der Waals surface area (Å²) in [6, 6.07) is 6.80. The van der Waals surface area contributed by atoms with Gasteiger partial charge in [-0.25, -0.2) is 4.79 Å². The fraction of sp³-hybridized carbons (Fsp3) is 0.261. The molecule has 0 aliphatic carbocycles. The van der Waals surface area contributed by atoms with Crippen LogP contribution in [0.2, 0.25) is 5.02 Å². The minimum absolute atomic E-state index is 0.319. The van der Waals surface area contributed by atoms with Crippen molar-refractivity contribution in [2.45, 2.75) is 20.8 Å². The highest BCUT2D eigenvalue weighted by molar-refractivity contribution is 6.32. The van der Waals surface area contributed by atoms with E-state index in [1.807, 2.05) is 11.5 Å². The van der Waals surface area contributed by atoms with Crippen molar-refractivity contribution < 1.29 is 28.3 Å². The summed E-state index contributed by atoms with van der Waals surface area (Å²) in [5, 5.41) is 4.33. The van der Waals surface area contributed by atoms with Gasteiger partial charge in [-0.2, -0.15) is 0 Å². The summed E-state index contributed by atoms with van der Waals surface area (Å²) < 4.78 is 22.5. The number of halogens is 1. The number of carbonyl (C=O) groups is 2. The molecule has 9 heteroatoms. The molecule has 32 heavy (non-hydrogen) atoms. The minimum atomic E-state index is -0.662. The quantitative estimate of drug-likeness (QED) is 0.278. The van der Waals surface area contributed by atoms with Crippen LogP contribution in [0.25, 0.3) is 11.9 Å². The van der Waals surface area contributed by atoms with Gasteiger partial charge in [0, 0.05) is 29.1 Å². The first-order valence-electron chi connectivity index (χ1n) is 9.67. The Hall–Kier alpha value is -3.52. The van der Waals surface area contributed by atoms with E-state index in [0.717, 1.165) is 5.69 Å². The van der Waals surface area contributed by atoms with E-state index in [1.165, 1.54) is 26.4 Å². The van der Waals surface area contributed by atoms with E-state index in [-0.39, 0.29) is 5.78 Å². The number of aryl methyl sites for hydroxylation is 2. The molecular weight excluding hydrogens is 436 g/mol. The first-order valence-corrected chi connectivity index (χ1v) is 10.0. The summed E-state index contributed by atoms with van der Waals surface area (Å²) in [4.78, 5) is 24.8. The maximum absolute atomic E-state index is 12.6. The highest BCUT2D eigenvalue weighted by Gasteiger charge is 2.19. The zero-order valence-corrected chi connectivity index (χ0v) is 19.1. The molecule has 0 bridgehead atoms. The summed E-state index contributed by atoms with van der Waals surface area (Å²) in [5.74, 6) is 1.10. The van der Waals surface area contributed by atoms with Crippen LogP contribution in [0.1, 0.15) is 33.1 Å². The number of carbonyl (C=O) groups excluding carboxylic acids is 2. The van der Waals surface area contributed by atoms with Crippen molar-refractivity contribution in [2.24, 2.45) is 0 Å². The maximum atomic E-state index is 12.6. The van der Waals surface area contributed by atoms with E-state index in [0.29, 0.717) is 44.9 Å². The second kappa shape index (κ2) is 9.74. The third-order valence-electron chi connectivity index (χ3n) is 4.79. The third-order valence-corrected chi connectivity index (χ3v) is 5.07. The van der Waals surface area contributed by atoms with E-state index in [1.54, 1.807) is 38.1 Å². The van der Waals surface area contributed by atoms with Gasteiger partial charge in [-0.3, -0.25) is 9.36 Å². The normalized spacial score (nSPS) is 11.1. The number of Topliss-reactive ketones (excluding diaryl/α,β-unsaturated/α-hetero) is 1. The Bertz CT molecular complexity index is 1190. The second-order valence-corrected chi connectivity index (χ2v) is 7.43. The number of ether oxygens (including phenoxy) is 3. The lowest BCUT2D eigenvalue weighted by Crippen LogP contribution is -2.13. The van der Waals surface area contributed by atoms with E-state index >= 15 is 0 Å². The van der Waals surface area contributed by atoms with Crippen molar-refractivity contribution in [3.8, 4) is 17.3 Å². The SMILES string of the molecule is COc1cc(/C=C/C(=O)OCC(=O)c2cc(C)n(-c3cc(C)on3)c2C)cc(Cl)c1OC. The van der Waals surface area contributed by atoms with Gasteiger partial charge in [-0.15, -0.1) is 0 Å². The molecule has 0 spiro atoms. The maximum Gasteiger partial charge on any atom is 0.331 e. The number of hydrogen-bond acceptors (Lipinski definition) is 7. The molecule has 0 saturated carbocycles. The summed E-state index contributed by atoms with van der Waals surface area (Å²) in [5.41, 5.74) is 2.57. The number of rotatable bonds is 8. The monoisotopic (exact) mass is 458 g/mol. The van der Waals surface area contributed by atoms with Crippen molar-refractivity contribution in [3.05, 3.63) is 63.6 Å². The third kappa shape index (κ3) is 4.86. The van der Waals surface area contributed by atoms with Gasteiger partial charge >= 0.3 is 5.97 Å². The van der Waals surface area contributed by atoms with E-state index in [4.69, 9.17) is 30.3 Å². The molecule has 3 rings (SSSR count). The van der Waals surface area contributed by atoms with Crippen molar-refractivity contribution in [1.82, 2.24) is 9.72 Å². The Kier molecular flexibility index (Phi) is 7.05. The molecule has 2 aromatic heterocycles. The van der Waals surface area contributed by atoms with Gasteiger partial charge < -0.3 is 18.7 Å². The average Bonchev–Trinajstić information content (AvgIpc) is 3.31. The molecule has 0 N–H and O–H groups in total. The van der Waals surface area contributed by atoms with Crippen molar-refractivity contribution in [2.75, 3.05) is 20.8 Å². The molecule has 2 heterocycles. The highest BCUT2D eigenvalue weighted by Crippen LogP contribution is 2.36. The molecule has 0 radical (unpaired) electrons. The summed E-state index contributed by atoms with van der Waals surface area (Å²) in [7, 11) is 2.97. The molecule has 0 amide bonds. The molecule has 0 saturated heterocycles. The Morgan fingerprint density at radius 1 is 1.12 bits per heavy atom. The first-order chi connectivity index (χ1) is 15.2. The fourth-order valence-corrected chi connectivity index (χ4v) is 3.61. The van der Waals surface area contributed by atoms with Crippen molar-refractivity contribution in [1.29, 1.82) is 0 Å². The molecule has 0 aliphatic rings. The molecule has 3 aromatic rings. The molecule has 0 atom stereocenters. The zero-order chi connectivity index (χ0) is 23.4. The van der Waals surface area contributed by atoms with E-state index < -0.39 is 12.6 Å². The number of nitrogens with zero attached hydrogens (tertiary/aromatic N) is 2. The minimum Gasteiger partial charge on any atom is -0.493 e. The number of benzene rings is 1. The van der Waals surface area contributed by atoms with Gasteiger partial charge in [-0.05, 0) is 50.6 Å². The van der Waals surface area contributed by atoms with Gasteiger partial charge in [0.05, 0.1) is 19.2 Å². The van der Waals surface area contributed by atoms with Gasteiger partial charge in [0.1, 0.15) is 5.76 Å². The summed E-state index contributed by atoms with van der Waals surface area (Å²) >= 11 is 6.16. The Labute approximate surface area is 190 Å². The second-order valence-electron chi connectivity index (χ2n) is 7.02. The van der Waals surface area contributed by atoms with E-state index in [9.17, 15) is 9.59 Å². The molecular formula is C23H23ClN2O6. The molecule has 1 aromatic carbocycles. The predicted molar refractivity (Wildman–Crippen MR) is 119 cm³/mol. The van der Waals surface area contributed by atoms with Crippen LogP contribution in [-0.4, -0.2) is 42.3 Å². The van der Waals surface area contributed by atoms with Crippen LogP contribution in [0, 0.1) is 20.8 Å². The molecule has 0 fully saturated rings. The first kappa shape index (κ1) is 23.1. The highest BCUT2D eigenvalue weighted by atomic mass is 35.5. The topological polar surface area (TPSA) is 92.8 Å². The fourth-order valence-electron chi connectivity index (χ4n) is 3.32. The molecule has 0 unspecified atom stereocenters. The van der Waals surface area contributed by atoms with Crippen LogP contribution in [-0.2, 0) is 9.53 Å². The van der Waals surface area contributed by atoms with Crippen LogP contribution >= 0.6 is 11.6 Å². The van der Waals surface area contributed by atoms with Crippen LogP contribution < -0.4 is 9.47 Å². The van der Waals surface area contributed by atoms with E-state index in [2.05, 4.69) is 5.16 Å². The van der Waals surface area contributed by atoms with Crippen LogP contribution in [0.4, 0.5) is 0 Å². The Morgan fingerprint density at radius 3 is 2.50 bits per heavy atom. The number of ketones is 1. The predicted octanol–water partition coefficient (Wildman–Crippen LogP) is 4.50.